The van der Waals surface area contributed by atoms with Crippen LogP contribution in [0, 0.1) is 18.8 Å². The molecule has 0 aromatic carbocycles. The molecule has 1 unspecified atom stereocenters. The summed E-state index contributed by atoms with van der Waals surface area (Å²) < 4.78 is 0. The van der Waals surface area contributed by atoms with Gasteiger partial charge in [0.1, 0.15) is 0 Å². The molecule has 1 aromatic heterocycles. The molecule has 5 heteroatoms. The number of nitrogens with one attached hydrogen (secondary N) is 1. The summed E-state index contributed by atoms with van der Waals surface area (Å²) in [6.45, 7) is 9.95. The number of aliphatic imine (C=N–C) groups is 1. The lowest BCUT2D eigenvalue weighted by Crippen LogP contribution is -2.41. The van der Waals surface area contributed by atoms with Crippen LogP contribution in [0.1, 0.15) is 43.0 Å². The lowest BCUT2D eigenvalue weighted by atomic mass is 9.87. The van der Waals surface area contributed by atoms with Crippen molar-refractivity contribution in [2.24, 2.45) is 16.8 Å². The van der Waals surface area contributed by atoms with Crippen LogP contribution in [0.4, 0.5) is 0 Å². The van der Waals surface area contributed by atoms with Crippen molar-refractivity contribution in [2.75, 3.05) is 26.7 Å². The molecule has 1 aliphatic rings. The van der Waals surface area contributed by atoms with Gasteiger partial charge in [-0.2, -0.15) is 0 Å². The van der Waals surface area contributed by atoms with Crippen molar-refractivity contribution in [3.8, 4) is 0 Å². The highest BCUT2D eigenvalue weighted by Crippen LogP contribution is 2.28. The summed E-state index contributed by atoms with van der Waals surface area (Å²) in [5.41, 5.74) is 0. The minimum atomic E-state index is 0.829. The Balaban J connectivity index is 1.80. The second-order valence-electron chi connectivity index (χ2n) is 6.16. The Morgan fingerprint density at radius 3 is 2.86 bits per heavy atom. The standard InChI is InChI=1S/C17H30N4S/c1-5-14(6-2)15-8-10-21(12-15)17(18-4)19-9-7-16-20-11-13(3)22-16/h11,14-15H,5-10,12H2,1-4H3,(H,18,19). The normalized spacial score (nSPS) is 19.2. The highest BCUT2D eigenvalue weighted by molar-refractivity contribution is 7.11. The van der Waals surface area contributed by atoms with E-state index in [1.165, 1.54) is 29.1 Å². The van der Waals surface area contributed by atoms with Crippen LogP contribution in [0.25, 0.3) is 0 Å². The van der Waals surface area contributed by atoms with Crippen LogP contribution >= 0.6 is 11.3 Å². The average molecular weight is 323 g/mol. The maximum Gasteiger partial charge on any atom is 0.193 e. The van der Waals surface area contributed by atoms with E-state index in [-0.39, 0.29) is 0 Å². The summed E-state index contributed by atoms with van der Waals surface area (Å²) in [7, 11) is 1.89. The lowest BCUT2D eigenvalue weighted by Gasteiger charge is -2.24. The molecule has 0 radical (unpaired) electrons. The van der Waals surface area contributed by atoms with Crippen molar-refractivity contribution in [2.45, 2.75) is 46.5 Å². The summed E-state index contributed by atoms with van der Waals surface area (Å²) >= 11 is 1.78. The molecule has 1 aromatic rings. The fourth-order valence-corrected chi connectivity index (χ4v) is 4.24. The minimum absolute atomic E-state index is 0.829. The topological polar surface area (TPSA) is 40.5 Å². The van der Waals surface area contributed by atoms with Gasteiger partial charge in [-0.3, -0.25) is 4.99 Å². The molecule has 1 N–H and O–H groups in total. The van der Waals surface area contributed by atoms with Gasteiger partial charge in [0, 0.05) is 44.2 Å². The Morgan fingerprint density at radius 1 is 1.50 bits per heavy atom. The molecule has 2 rings (SSSR count). The largest absolute Gasteiger partial charge is 0.356 e. The molecule has 0 amide bonds. The summed E-state index contributed by atoms with van der Waals surface area (Å²) in [4.78, 5) is 12.6. The molecule has 0 bridgehead atoms. The highest BCUT2D eigenvalue weighted by Gasteiger charge is 2.29. The molecule has 1 aliphatic heterocycles. The van der Waals surface area contributed by atoms with E-state index in [1.807, 2.05) is 13.2 Å². The SMILES string of the molecule is CCC(CC)C1CCN(C(=NC)NCCc2ncc(C)s2)C1. The molecule has 1 atom stereocenters. The van der Waals surface area contributed by atoms with Crippen LogP contribution < -0.4 is 5.32 Å². The molecule has 1 saturated heterocycles. The van der Waals surface area contributed by atoms with Crippen LogP contribution in [0.2, 0.25) is 0 Å². The van der Waals surface area contributed by atoms with Gasteiger partial charge < -0.3 is 10.2 Å². The van der Waals surface area contributed by atoms with Crippen LogP contribution in [-0.2, 0) is 6.42 Å². The zero-order chi connectivity index (χ0) is 15.9. The quantitative estimate of drug-likeness (QED) is 0.645. The van der Waals surface area contributed by atoms with Crippen molar-refractivity contribution in [3.05, 3.63) is 16.1 Å². The summed E-state index contributed by atoms with van der Waals surface area (Å²) in [5.74, 6) is 2.75. The Labute approximate surface area is 139 Å². The number of aromatic nitrogens is 1. The Bertz CT molecular complexity index is 479. The van der Waals surface area contributed by atoms with Gasteiger partial charge in [0.25, 0.3) is 0 Å². The van der Waals surface area contributed by atoms with Crippen molar-refractivity contribution in [1.82, 2.24) is 15.2 Å². The third-order valence-electron chi connectivity index (χ3n) is 4.74. The molecule has 22 heavy (non-hydrogen) atoms. The molecule has 2 heterocycles. The van der Waals surface area contributed by atoms with Crippen molar-refractivity contribution in [3.63, 3.8) is 0 Å². The smallest absolute Gasteiger partial charge is 0.193 e. The van der Waals surface area contributed by atoms with Gasteiger partial charge >= 0.3 is 0 Å². The second kappa shape index (κ2) is 8.51. The van der Waals surface area contributed by atoms with Gasteiger partial charge in [-0.05, 0) is 25.2 Å². The zero-order valence-electron chi connectivity index (χ0n) is 14.4. The molecule has 4 nitrogen and oxygen atoms in total. The van der Waals surface area contributed by atoms with E-state index < -0.39 is 0 Å². The number of hydrogen-bond acceptors (Lipinski definition) is 3. The van der Waals surface area contributed by atoms with Gasteiger partial charge in [0.15, 0.2) is 5.96 Å². The van der Waals surface area contributed by atoms with Crippen molar-refractivity contribution >= 4 is 17.3 Å². The first kappa shape index (κ1) is 17.3. The summed E-state index contributed by atoms with van der Waals surface area (Å²) in [6.07, 6.45) is 6.82. The first-order valence-corrected chi connectivity index (χ1v) is 9.36. The Hall–Kier alpha value is -1.10. The lowest BCUT2D eigenvalue weighted by molar-refractivity contribution is 0.319. The molecule has 0 saturated carbocycles. The molecule has 1 fully saturated rings. The number of hydrogen-bond donors (Lipinski definition) is 1. The van der Waals surface area contributed by atoms with E-state index in [0.717, 1.165) is 43.9 Å². The zero-order valence-corrected chi connectivity index (χ0v) is 15.2. The number of thiazole rings is 1. The molecule has 0 aliphatic carbocycles. The fourth-order valence-electron chi connectivity index (χ4n) is 3.45. The van der Waals surface area contributed by atoms with E-state index in [0.29, 0.717) is 0 Å². The molecule has 0 spiro atoms. The number of likely N-dealkylation sites (tertiary alicyclic amines) is 1. The van der Waals surface area contributed by atoms with Crippen LogP contribution in [0.5, 0.6) is 0 Å². The summed E-state index contributed by atoms with van der Waals surface area (Å²) in [5, 5.41) is 4.71. The van der Waals surface area contributed by atoms with Crippen LogP contribution in [0.15, 0.2) is 11.2 Å². The van der Waals surface area contributed by atoms with Gasteiger partial charge in [0.05, 0.1) is 5.01 Å². The maximum absolute atomic E-state index is 4.47. The first-order valence-electron chi connectivity index (χ1n) is 8.54. The van der Waals surface area contributed by atoms with E-state index >= 15 is 0 Å². The second-order valence-corrected chi connectivity index (χ2v) is 7.48. The minimum Gasteiger partial charge on any atom is -0.356 e. The fraction of sp³-hybridized carbons (Fsp3) is 0.765. The predicted molar refractivity (Wildman–Crippen MR) is 95.7 cm³/mol. The number of nitrogens with zero attached hydrogens (tertiary/aromatic N) is 3. The van der Waals surface area contributed by atoms with Gasteiger partial charge in [-0.15, -0.1) is 11.3 Å². The maximum atomic E-state index is 4.47. The van der Waals surface area contributed by atoms with Gasteiger partial charge in [0.2, 0.25) is 0 Å². The van der Waals surface area contributed by atoms with Crippen LogP contribution in [-0.4, -0.2) is 42.5 Å². The number of rotatable bonds is 6. The highest BCUT2D eigenvalue weighted by atomic mass is 32.1. The third kappa shape index (κ3) is 4.45. The molecular formula is C17H30N4S. The van der Waals surface area contributed by atoms with Crippen molar-refractivity contribution in [1.29, 1.82) is 0 Å². The summed E-state index contributed by atoms with van der Waals surface area (Å²) in [6, 6.07) is 0. The van der Waals surface area contributed by atoms with E-state index in [2.05, 4.69) is 41.0 Å². The van der Waals surface area contributed by atoms with Crippen molar-refractivity contribution < 1.29 is 0 Å². The van der Waals surface area contributed by atoms with E-state index in [1.54, 1.807) is 11.3 Å². The molecule has 124 valence electrons. The predicted octanol–water partition coefficient (Wildman–Crippen LogP) is 3.33. The van der Waals surface area contributed by atoms with E-state index in [9.17, 15) is 0 Å². The Kier molecular flexibility index (Phi) is 6.68. The Morgan fingerprint density at radius 2 is 2.27 bits per heavy atom. The number of aryl methyl sites for hydroxylation is 1. The third-order valence-corrected chi connectivity index (χ3v) is 5.72. The molecular weight excluding hydrogens is 292 g/mol. The van der Waals surface area contributed by atoms with Crippen LogP contribution in [0.3, 0.4) is 0 Å². The average Bonchev–Trinajstić information content (AvgIpc) is 3.15. The van der Waals surface area contributed by atoms with Gasteiger partial charge in [-0.1, -0.05) is 26.7 Å². The van der Waals surface area contributed by atoms with Gasteiger partial charge in [-0.25, -0.2) is 4.98 Å². The number of guanidine groups is 1. The first-order chi connectivity index (χ1) is 10.7. The monoisotopic (exact) mass is 322 g/mol. The van der Waals surface area contributed by atoms with E-state index in [4.69, 9.17) is 0 Å².